The summed E-state index contributed by atoms with van der Waals surface area (Å²) in [5.74, 6) is -1.21. The van der Waals surface area contributed by atoms with Crippen LogP contribution in [0.3, 0.4) is 0 Å². The summed E-state index contributed by atoms with van der Waals surface area (Å²) in [4.78, 5) is 35.3. The lowest BCUT2D eigenvalue weighted by molar-refractivity contribution is -0.385. The maximum absolute atomic E-state index is 12.5. The molecule has 0 radical (unpaired) electrons. The first-order valence-corrected chi connectivity index (χ1v) is 10.6. The lowest BCUT2D eigenvalue weighted by Crippen LogP contribution is -2.36. The average molecular weight is 450 g/mol. The van der Waals surface area contributed by atoms with Crippen LogP contribution in [-0.2, 0) is 19.6 Å². The molecular weight excluding hydrogens is 428 g/mol. The number of nitrogens with zero attached hydrogens (tertiary/aromatic N) is 2. The fourth-order valence-electron chi connectivity index (χ4n) is 2.39. The molecule has 166 valence electrons. The Balaban J connectivity index is 2.10. The Hall–Kier alpha value is -3.47. The first-order chi connectivity index (χ1) is 14.4. The summed E-state index contributed by atoms with van der Waals surface area (Å²) in [5, 5.41) is 10.9. The number of carbonyl (C=O) groups is 2. The summed E-state index contributed by atoms with van der Waals surface area (Å²) in [6, 6.07) is 8.42. The van der Waals surface area contributed by atoms with E-state index >= 15 is 0 Å². The van der Waals surface area contributed by atoms with Crippen LogP contribution in [0.2, 0.25) is 0 Å². The normalized spacial score (nSPS) is 11.1. The standard InChI is InChI=1S/C20H22N2O8S/c1-13(2)21(4)19(23)12-29-20(24)15-6-9-17(10-7-15)30-31(27,28)18-11-16(22(25)26)8-5-14(18)3/h5-11,13H,12H2,1-4H3. The van der Waals surface area contributed by atoms with E-state index in [1.165, 1.54) is 48.2 Å². The fourth-order valence-corrected chi connectivity index (χ4v) is 3.57. The molecule has 0 bridgehead atoms. The average Bonchev–Trinajstić information content (AvgIpc) is 2.71. The van der Waals surface area contributed by atoms with E-state index in [0.29, 0.717) is 0 Å². The molecule has 11 heteroatoms. The molecule has 0 aliphatic carbocycles. The van der Waals surface area contributed by atoms with Gasteiger partial charge in [0.2, 0.25) is 0 Å². The summed E-state index contributed by atoms with van der Waals surface area (Å²) >= 11 is 0. The largest absolute Gasteiger partial charge is 0.452 e. The Bertz CT molecular complexity index is 1090. The van der Waals surface area contributed by atoms with Crippen molar-refractivity contribution >= 4 is 27.7 Å². The quantitative estimate of drug-likeness (QED) is 0.259. The van der Waals surface area contributed by atoms with Gasteiger partial charge in [-0.05, 0) is 50.6 Å². The SMILES string of the molecule is Cc1ccc([N+](=O)[O-])cc1S(=O)(=O)Oc1ccc(C(=O)OCC(=O)N(C)C(C)C)cc1. The van der Waals surface area contributed by atoms with Gasteiger partial charge in [-0.25, -0.2) is 4.79 Å². The molecule has 0 aliphatic rings. The molecule has 0 atom stereocenters. The molecule has 0 saturated heterocycles. The highest BCUT2D eigenvalue weighted by Crippen LogP contribution is 2.25. The number of amides is 1. The smallest absolute Gasteiger partial charge is 0.339 e. The second-order valence-electron chi connectivity index (χ2n) is 6.94. The molecular formula is C20H22N2O8S. The number of non-ortho nitro benzene ring substituents is 1. The number of ether oxygens (including phenoxy) is 1. The molecule has 31 heavy (non-hydrogen) atoms. The van der Waals surface area contributed by atoms with Crippen molar-refractivity contribution in [1.82, 2.24) is 4.90 Å². The van der Waals surface area contributed by atoms with Gasteiger partial charge < -0.3 is 13.8 Å². The summed E-state index contributed by atoms with van der Waals surface area (Å²) in [6.07, 6.45) is 0. The zero-order chi connectivity index (χ0) is 23.3. The van der Waals surface area contributed by atoms with Gasteiger partial charge in [-0.2, -0.15) is 8.42 Å². The van der Waals surface area contributed by atoms with Crippen molar-refractivity contribution in [3.63, 3.8) is 0 Å². The van der Waals surface area contributed by atoms with E-state index in [0.717, 1.165) is 6.07 Å². The van der Waals surface area contributed by atoms with E-state index < -0.39 is 27.6 Å². The van der Waals surface area contributed by atoms with Crippen molar-refractivity contribution in [3.05, 3.63) is 63.7 Å². The number of likely N-dealkylation sites (N-methyl/N-ethyl adjacent to an activating group) is 1. The van der Waals surface area contributed by atoms with Gasteiger partial charge in [0.1, 0.15) is 10.6 Å². The van der Waals surface area contributed by atoms with E-state index in [9.17, 15) is 28.1 Å². The molecule has 2 rings (SSSR count). The number of hydrogen-bond acceptors (Lipinski definition) is 8. The van der Waals surface area contributed by atoms with Crippen LogP contribution in [-0.4, -0.2) is 49.8 Å². The Labute approximate surface area is 179 Å². The van der Waals surface area contributed by atoms with E-state index in [4.69, 9.17) is 8.92 Å². The molecule has 0 fully saturated rings. The lowest BCUT2D eigenvalue weighted by Gasteiger charge is -2.21. The predicted octanol–water partition coefficient (Wildman–Crippen LogP) is 2.69. The van der Waals surface area contributed by atoms with Crippen LogP contribution >= 0.6 is 0 Å². The molecule has 10 nitrogen and oxygen atoms in total. The van der Waals surface area contributed by atoms with Crippen molar-refractivity contribution in [1.29, 1.82) is 0 Å². The van der Waals surface area contributed by atoms with Gasteiger partial charge in [-0.3, -0.25) is 14.9 Å². The van der Waals surface area contributed by atoms with Crippen LogP contribution in [0.15, 0.2) is 47.4 Å². The van der Waals surface area contributed by atoms with Crippen LogP contribution < -0.4 is 4.18 Å². The lowest BCUT2D eigenvalue weighted by atomic mass is 10.2. The minimum Gasteiger partial charge on any atom is -0.452 e. The molecule has 0 aliphatic heterocycles. The van der Waals surface area contributed by atoms with Gasteiger partial charge in [-0.15, -0.1) is 0 Å². The van der Waals surface area contributed by atoms with E-state index in [2.05, 4.69) is 0 Å². The molecule has 0 N–H and O–H groups in total. The van der Waals surface area contributed by atoms with E-state index in [1.54, 1.807) is 7.05 Å². The topological polar surface area (TPSA) is 133 Å². The van der Waals surface area contributed by atoms with Crippen LogP contribution in [0.5, 0.6) is 5.75 Å². The highest BCUT2D eigenvalue weighted by molar-refractivity contribution is 7.87. The third kappa shape index (κ3) is 6.01. The maximum atomic E-state index is 12.5. The molecule has 2 aromatic carbocycles. The summed E-state index contributed by atoms with van der Waals surface area (Å²) in [5.41, 5.74) is -0.0124. The van der Waals surface area contributed by atoms with Crippen LogP contribution in [0.4, 0.5) is 5.69 Å². The Morgan fingerprint density at radius 1 is 1.13 bits per heavy atom. The third-order valence-corrected chi connectivity index (χ3v) is 5.83. The number of esters is 1. The predicted molar refractivity (Wildman–Crippen MR) is 110 cm³/mol. The van der Waals surface area contributed by atoms with Crippen molar-refractivity contribution in [2.45, 2.75) is 31.7 Å². The second-order valence-corrected chi connectivity index (χ2v) is 8.46. The molecule has 0 unspecified atom stereocenters. The molecule has 0 heterocycles. The highest BCUT2D eigenvalue weighted by Gasteiger charge is 2.23. The summed E-state index contributed by atoms with van der Waals surface area (Å²) in [7, 11) is -2.75. The van der Waals surface area contributed by atoms with Gasteiger partial charge in [0.15, 0.2) is 6.61 Å². The molecule has 2 aromatic rings. The van der Waals surface area contributed by atoms with Gasteiger partial charge in [0, 0.05) is 25.2 Å². The maximum Gasteiger partial charge on any atom is 0.339 e. The monoisotopic (exact) mass is 450 g/mol. The van der Waals surface area contributed by atoms with Gasteiger partial charge in [0.25, 0.3) is 11.6 Å². The molecule has 0 aromatic heterocycles. The third-order valence-electron chi connectivity index (χ3n) is 4.44. The molecule has 0 spiro atoms. The van der Waals surface area contributed by atoms with Crippen molar-refractivity contribution < 1.29 is 31.9 Å². The number of nitro benzene ring substituents is 1. The number of rotatable bonds is 8. The van der Waals surface area contributed by atoms with Gasteiger partial charge in [-0.1, -0.05) is 6.07 Å². The van der Waals surface area contributed by atoms with Gasteiger partial charge >= 0.3 is 16.1 Å². The molecule has 0 saturated carbocycles. The fraction of sp³-hybridized carbons (Fsp3) is 0.300. The highest BCUT2D eigenvalue weighted by atomic mass is 32.2. The van der Waals surface area contributed by atoms with Crippen molar-refractivity contribution in [2.75, 3.05) is 13.7 Å². The van der Waals surface area contributed by atoms with Crippen molar-refractivity contribution in [2.24, 2.45) is 0 Å². The second kappa shape index (κ2) is 9.56. The number of aryl methyl sites for hydroxylation is 1. The Kier molecular flexibility index (Phi) is 7.34. The zero-order valence-electron chi connectivity index (χ0n) is 17.4. The van der Waals surface area contributed by atoms with Crippen LogP contribution in [0.1, 0.15) is 29.8 Å². The van der Waals surface area contributed by atoms with Crippen LogP contribution in [0, 0.1) is 17.0 Å². The first-order valence-electron chi connectivity index (χ1n) is 9.14. The summed E-state index contributed by atoms with van der Waals surface area (Å²) < 4.78 is 35.1. The number of nitro groups is 1. The Morgan fingerprint density at radius 3 is 2.29 bits per heavy atom. The van der Waals surface area contributed by atoms with Crippen LogP contribution in [0.25, 0.3) is 0 Å². The van der Waals surface area contributed by atoms with E-state index in [-0.39, 0.29) is 39.4 Å². The number of hydrogen-bond donors (Lipinski definition) is 0. The van der Waals surface area contributed by atoms with E-state index in [1.807, 2.05) is 13.8 Å². The number of benzene rings is 2. The zero-order valence-corrected chi connectivity index (χ0v) is 18.2. The first kappa shape index (κ1) is 23.8. The van der Waals surface area contributed by atoms with Gasteiger partial charge in [0.05, 0.1) is 10.5 Å². The van der Waals surface area contributed by atoms with Crippen molar-refractivity contribution in [3.8, 4) is 5.75 Å². The summed E-state index contributed by atoms with van der Waals surface area (Å²) in [6.45, 7) is 4.70. The Morgan fingerprint density at radius 2 is 1.74 bits per heavy atom. The minimum atomic E-state index is -4.34. The number of carbonyl (C=O) groups excluding carboxylic acids is 2. The molecule has 1 amide bonds. The minimum absolute atomic E-state index is 0.0423.